The van der Waals surface area contributed by atoms with E-state index >= 15 is 0 Å². The van der Waals surface area contributed by atoms with Crippen molar-refractivity contribution in [2.24, 2.45) is 0 Å². The molecule has 0 amide bonds. The highest BCUT2D eigenvalue weighted by Gasteiger charge is 2.53. The van der Waals surface area contributed by atoms with Crippen LogP contribution in [0.5, 0.6) is 0 Å². The summed E-state index contributed by atoms with van der Waals surface area (Å²) >= 11 is 0. The molecule has 0 aliphatic rings. The van der Waals surface area contributed by atoms with Crippen LogP contribution >= 0.6 is 0 Å². The van der Waals surface area contributed by atoms with Gasteiger partial charge in [-0.15, -0.1) is 0 Å². The lowest BCUT2D eigenvalue weighted by Gasteiger charge is -2.33. The summed E-state index contributed by atoms with van der Waals surface area (Å²) in [5, 5.41) is 0. The maximum atomic E-state index is 13.7. The van der Waals surface area contributed by atoms with Gasteiger partial charge >= 0.3 is 6.18 Å². The first-order chi connectivity index (χ1) is 9.25. The second-order valence-corrected chi connectivity index (χ2v) is 5.36. The first kappa shape index (κ1) is 14.6. The molecule has 0 N–H and O–H groups in total. The molecule has 2 aromatic carbocycles. The quantitative estimate of drug-likeness (QED) is 0.710. The molecule has 0 saturated carbocycles. The maximum Gasteiger partial charge on any atom is 0.402 e. The van der Waals surface area contributed by atoms with Crippen LogP contribution in [0.1, 0.15) is 29.2 Å². The third-order valence-corrected chi connectivity index (χ3v) is 3.76. The van der Waals surface area contributed by atoms with Crippen molar-refractivity contribution >= 4 is 0 Å². The Morgan fingerprint density at radius 2 is 1.15 bits per heavy atom. The second kappa shape index (κ2) is 4.97. The topological polar surface area (TPSA) is 0 Å². The molecule has 0 unspecified atom stereocenters. The van der Waals surface area contributed by atoms with E-state index in [1.165, 1.54) is 6.92 Å². The number of rotatable bonds is 2. The Labute approximate surface area is 117 Å². The van der Waals surface area contributed by atoms with Crippen LogP contribution in [0.25, 0.3) is 0 Å². The van der Waals surface area contributed by atoms with Gasteiger partial charge in [0.2, 0.25) is 0 Å². The lowest BCUT2D eigenvalue weighted by molar-refractivity contribution is -0.173. The molecule has 3 heteroatoms. The third kappa shape index (κ3) is 2.45. The van der Waals surface area contributed by atoms with Gasteiger partial charge in [0, 0.05) is 0 Å². The number of alkyl halides is 3. The summed E-state index contributed by atoms with van der Waals surface area (Å²) in [7, 11) is 0. The van der Waals surface area contributed by atoms with E-state index in [1.54, 1.807) is 62.4 Å². The van der Waals surface area contributed by atoms with E-state index in [0.717, 1.165) is 11.1 Å². The normalized spacial score (nSPS) is 12.5. The highest BCUT2D eigenvalue weighted by molar-refractivity contribution is 5.43. The fourth-order valence-corrected chi connectivity index (χ4v) is 2.41. The van der Waals surface area contributed by atoms with Gasteiger partial charge in [0.15, 0.2) is 0 Å². The largest absolute Gasteiger partial charge is 0.402 e. The Morgan fingerprint density at radius 3 is 1.45 bits per heavy atom. The van der Waals surface area contributed by atoms with Gasteiger partial charge in [0.25, 0.3) is 0 Å². The Kier molecular flexibility index (Phi) is 3.63. The van der Waals surface area contributed by atoms with E-state index in [0.29, 0.717) is 0 Å². The fraction of sp³-hybridized carbons (Fsp3) is 0.294. The number of hydrogen-bond acceptors (Lipinski definition) is 0. The summed E-state index contributed by atoms with van der Waals surface area (Å²) in [5.41, 5.74) is 0.202. The SMILES string of the molecule is Cc1cccc(C(C)(c2cccc(C)c2)C(F)(F)F)c1. The summed E-state index contributed by atoms with van der Waals surface area (Å²) in [4.78, 5) is 0. The molecular weight excluding hydrogens is 261 g/mol. The number of halogens is 3. The number of aryl methyl sites for hydroxylation is 2. The molecular formula is C17H17F3. The smallest absolute Gasteiger partial charge is 0.170 e. The molecule has 0 aromatic heterocycles. The van der Waals surface area contributed by atoms with Crippen LogP contribution in [0, 0.1) is 13.8 Å². The second-order valence-electron chi connectivity index (χ2n) is 5.36. The van der Waals surface area contributed by atoms with Crippen LogP contribution in [0.3, 0.4) is 0 Å². The molecule has 0 spiro atoms. The Hall–Kier alpha value is -1.77. The fourth-order valence-electron chi connectivity index (χ4n) is 2.41. The van der Waals surface area contributed by atoms with E-state index in [1.807, 2.05) is 0 Å². The van der Waals surface area contributed by atoms with Gasteiger partial charge < -0.3 is 0 Å². The Bertz CT molecular complexity index is 566. The van der Waals surface area contributed by atoms with Gasteiger partial charge in [0.05, 0.1) is 0 Å². The lowest BCUT2D eigenvalue weighted by Crippen LogP contribution is -2.40. The molecule has 0 bridgehead atoms. The average Bonchev–Trinajstić information content (AvgIpc) is 2.36. The van der Waals surface area contributed by atoms with Gasteiger partial charge in [0.1, 0.15) is 5.41 Å². The molecule has 20 heavy (non-hydrogen) atoms. The van der Waals surface area contributed by atoms with Gasteiger partial charge in [-0.3, -0.25) is 0 Å². The molecule has 0 nitrogen and oxygen atoms in total. The predicted octanol–water partition coefficient (Wildman–Crippen LogP) is 5.17. The molecule has 106 valence electrons. The van der Waals surface area contributed by atoms with Crippen molar-refractivity contribution in [2.45, 2.75) is 32.4 Å². The monoisotopic (exact) mass is 278 g/mol. The predicted molar refractivity (Wildman–Crippen MR) is 74.9 cm³/mol. The van der Waals surface area contributed by atoms with Gasteiger partial charge in [-0.2, -0.15) is 13.2 Å². The highest BCUT2D eigenvalue weighted by Crippen LogP contribution is 2.46. The van der Waals surface area contributed by atoms with E-state index < -0.39 is 11.6 Å². The minimum absolute atomic E-state index is 0.274. The molecule has 0 aliphatic carbocycles. The first-order valence-electron chi connectivity index (χ1n) is 6.46. The summed E-state index contributed by atoms with van der Waals surface area (Å²) in [6.07, 6.45) is -4.35. The van der Waals surface area contributed by atoms with Gasteiger partial charge in [-0.1, -0.05) is 59.7 Å². The van der Waals surface area contributed by atoms with Crippen LogP contribution in [0.2, 0.25) is 0 Å². The summed E-state index contributed by atoms with van der Waals surface area (Å²) in [6.45, 7) is 4.85. The Balaban J connectivity index is 2.69. The molecule has 0 saturated heterocycles. The zero-order chi connectivity index (χ0) is 15.0. The summed E-state index contributed by atoms with van der Waals surface area (Å²) in [6, 6.07) is 13.2. The van der Waals surface area contributed by atoms with E-state index in [4.69, 9.17) is 0 Å². The molecule has 0 atom stereocenters. The standard InChI is InChI=1S/C17H17F3/c1-12-6-4-8-14(10-12)16(3,17(18,19)20)15-9-5-7-13(2)11-15/h4-11H,1-3H3. The molecule has 0 heterocycles. The maximum absolute atomic E-state index is 13.7. The van der Waals surface area contributed by atoms with E-state index in [9.17, 15) is 13.2 Å². The van der Waals surface area contributed by atoms with Crippen LogP contribution in [0.15, 0.2) is 48.5 Å². The van der Waals surface area contributed by atoms with Crippen molar-refractivity contribution in [3.8, 4) is 0 Å². The minimum Gasteiger partial charge on any atom is -0.170 e. The molecule has 0 fully saturated rings. The van der Waals surface area contributed by atoms with Crippen LogP contribution in [-0.4, -0.2) is 6.18 Å². The number of benzene rings is 2. The van der Waals surface area contributed by atoms with Crippen LogP contribution < -0.4 is 0 Å². The van der Waals surface area contributed by atoms with Gasteiger partial charge in [-0.05, 0) is 31.9 Å². The van der Waals surface area contributed by atoms with Crippen molar-refractivity contribution in [1.29, 1.82) is 0 Å². The van der Waals surface area contributed by atoms with Crippen molar-refractivity contribution in [3.05, 3.63) is 70.8 Å². The van der Waals surface area contributed by atoms with Gasteiger partial charge in [-0.25, -0.2) is 0 Å². The van der Waals surface area contributed by atoms with Crippen LogP contribution in [-0.2, 0) is 5.41 Å². The van der Waals surface area contributed by atoms with Crippen molar-refractivity contribution in [1.82, 2.24) is 0 Å². The van der Waals surface area contributed by atoms with Crippen molar-refractivity contribution in [2.75, 3.05) is 0 Å². The zero-order valence-corrected chi connectivity index (χ0v) is 11.8. The van der Waals surface area contributed by atoms with E-state index in [2.05, 4.69) is 0 Å². The summed E-state index contributed by atoms with van der Waals surface area (Å²) in [5.74, 6) is 0. The highest BCUT2D eigenvalue weighted by atomic mass is 19.4. The summed E-state index contributed by atoms with van der Waals surface area (Å²) < 4.78 is 41.2. The molecule has 2 rings (SSSR count). The third-order valence-electron chi connectivity index (χ3n) is 3.76. The van der Waals surface area contributed by atoms with E-state index in [-0.39, 0.29) is 11.1 Å². The zero-order valence-electron chi connectivity index (χ0n) is 11.8. The molecule has 2 aromatic rings. The average molecular weight is 278 g/mol. The first-order valence-corrected chi connectivity index (χ1v) is 6.46. The number of hydrogen-bond donors (Lipinski definition) is 0. The molecule has 0 radical (unpaired) electrons. The lowest BCUT2D eigenvalue weighted by atomic mass is 9.75. The van der Waals surface area contributed by atoms with Crippen LogP contribution in [0.4, 0.5) is 13.2 Å². The van der Waals surface area contributed by atoms with Crippen molar-refractivity contribution in [3.63, 3.8) is 0 Å². The Morgan fingerprint density at radius 1 is 0.750 bits per heavy atom. The minimum atomic E-state index is -4.35. The van der Waals surface area contributed by atoms with Crippen molar-refractivity contribution < 1.29 is 13.2 Å². The molecule has 0 aliphatic heterocycles.